The summed E-state index contributed by atoms with van der Waals surface area (Å²) in [6.45, 7) is 3.05. The van der Waals surface area contributed by atoms with Gasteiger partial charge < -0.3 is 0 Å². The van der Waals surface area contributed by atoms with E-state index in [0.717, 1.165) is 32.5 Å². The van der Waals surface area contributed by atoms with Gasteiger partial charge in [-0.25, -0.2) is 0 Å². The predicted octanol–water partition coefficient (Wildman–Crippen LogP) is 2.42. The third-order valence-corrected chi connectivity index (χ3v) is 2.94. The van der Waals surface area contributed by atoms with Crippen molar-refractivity contribution >= 4 is 0 Å². The topological polar surface area (TPSA) is 27.0 Å². The molecule has 1 aromatic carbocycles. The van der Waals surface area contributed by atoms with Crippen LogP contribution in [0.25, 0.3) is 0 Å². The first-order valence-corrected chi connectivity index (χ1v) is 5.54. The first-order valence-electron chi connectivity index (χ1n) is 5.54. The van der Waals surface area contributed by atoms with E-state index >= 15 is 0 Å². The van der Waals surface area contributed by atoms with Gasteiger partial charge >= 0.3 is 0 Å². The van der Waals surface area contributed by atoms with Crippen LogP contribution >= 0.6 is 0 Å². The normalized spacial score (nSPS) is 22.2. The molecule has 1 unspecified atom stereocenters. The molecule has 1 heterocycles. The molecule has 78 valence electrons. The third-order valence-electron chi connectivity index (χ3n) is 2.94. The molecule has 15 heavy (non-hydrogen) atoms. The van der Waals surface area contributed by atoms with Gasteiger partial charge in [-0.2, -0.15) is 5.26 Å². The predicted molar refractivity (Wildman–Crippen MR) is 60.1 cm³/mol. The molecule has 2 heteroatoms. The molecule has 1 aromatic rings. The highest BCUT2D eigenvalue weighted by Gasteiger charge is 2.18. The monoisotopic (exact) mass is 200 g/mol. The van der Waals surface area contributed by atoms with Gasteiger partial charge in [0.1, 0.15) is 0 Å². The van der Waals surface area contributed by atoms with E-state index < -0.39 is 0 Å². The number of benzene rings is 1. The standard InChI is InChI=1S/C13H16N2/c14-9-13-7-4-8-15(11-13)10-12-5-2-1-3-6-12/h1-3,5-6,13H,4,7-8,10-11H2. The lowest BCUT2D eigenvalue weighted by Crippen LogP contribution is -2.34. The molecule has 0 aliphatic carbocycles. The van der Waals surface area contributed by atoms with E-state index in [1.807, 2.05) is 6.07 Å². The quantitative estimate of drug-likeness (QED) is 0.733. The van der Waals surface area contributed by atoms with E-state index in [1.165, 1.54) is 5.56 Å². The first-order chi connectivity index (χ1) is 7.38. The highest BCUT2D eigenvalue weighted by Crippen LogP contribution is 2.17. The zero-order valence-electron chi connectivity index (χ0n) is 8.89. The highest BCUT2D eigenvalue weighted by atomic mass is 15.1. The van der Waals surface area contributed by atoms with Crippen molar-refractivity contribution < 1.29 is 0 Å². The lowest BCUT2D eigenvalue weighted by molar-refractivity contribution is 0.192. The molecule has 0 aromatic heterocycles. The van der Waals surface area contributed by atoms with Gasteiger partial charge in [0.25, 0.3) is 0 Å². The second-order valence-corrected chi connectivity index (χ2v) is 4.19. The average molecular weight is 200 g/mol. The van der Waals surface area contributed by atoms with Crippen LogP contribution in [0.4, 0.5) is 0 Å². The molecule has 0 N–H and O–H groups in total. The minimum absolute atomic E-state index is 0.238. The fourth-order valence-corrected chi connectivity index (χ4v) is 2.15. The van der Waals surface area contributed by atoms with E-state index in [9.17, 15) is 0 Å². The Morgan fingerprint density at radius 1 is 1.33 bits per heavy atom. The molecule has 2 nitrogen and oxygen atoms in total. The zero-order chi connectivity index (χ0) is 10.5. The maximum absolute atomic E-state index is 8.90. The number of piperidine rings is 1. The van der Waals surface area contributed by atoms with Crippen LogP contribution in [0, 0.1) is 17.2 Å². The van der Waals surface area contributed by atoms with Gasteiger partial charge in [0.15, 0.2) is 0 Å². The maximum Gasteiger partial charge on any atom is 0.0669 e. The summed E-state index contributed by atoms with van der Waals surface area (Å²) in [4.78, 5) is 2.38. The number of hydrogen-bond acceptors (Lipinski definition) is 2. The van der Waals surface area contributed by atoms with Gasteiger partial charge in [-0.3, -0.25) is 4.90 Å². The Hall–Kier alpha value is -1.33. The van der Waals surface area contributed by atoms with Crippen LogP contribution in [-0.2, 0) is 6.54 Å². The van der Waals surface area contributed by atoms with Crippen molar-refractivity contribution in [3.8, 4) is 6.07 Å². The smallest absolute Gasteiger partial charge is 0.0669 e. The first kappa shape index (κ1) is 10.2. The number of likely N-dealkylation sites (tertiary alicyclic amines) is 1. The van der Waals surface area contributed by atoms with Crippen LogP contribution in [0.3, 0.4) is 0 Å². The largest absolute Gasteiger partial charge is 0.298 e. The van der Waals surface area contributed by atoms with E-state index in [1.54, 1.807) is 0 Å². The van der Waals surface area contributed by atoms with Crippen molar-refractivity contribution in [1.82, 2.24) is 4.90 Å². The molecule has 0 amide bonds. The fraction of sp³-hybridized carbons (Fsp3) is 0.462. The number of nitriles is 1. The Morgan fingerprint density at radius 3 is 2.87 bits per heavy atom. The fourth-order valence-electron chi connectivity index (χ4n) is 2.15. The van der Waals surface area contributed by atoms with Crippen LogP contribution in [0.1, 0.15) is 18.4 Å². The second-order valence-electron chi connectivity index (χ2n) is 4.19. The second kappa shape index (κ2) is 4.95. The van der Waals surface area contributed by atoms with Gasteiger partial charge in [-0.05, 0) is 24.9 Å². The van der Waals surface area contributed by atoms with Crippen LogP contribution in [0.15, 0.2) is 30.3 Å². The molecular formula is C13H16N2. The summed E-state index contributed by atoms with van der Waals surface area (Å²) in [5.41, 5.74) is 1.34. The van der Waals surface area contributed by atoms with Crippen molar-refractivity contribution in [3.63, 3.8) is 0 Å². The molecule has 0 radical (unpaired) electrons. The molecule has 1 fully saturated rings. The van der Waals surface area contributed by atoms with Crippen LogP contribution in [0.5, 0.6) is 0 Å². The Labute approximate surface area is 91.1 Å². The molecule has 0 bridgehead atoms. The zero-order valence-corrected chi connectivity index (χ0v) is 8.89. The molecule has 1 saturated heterocycles. The summed E-state index contributed by atoms with van der Waals surface area (Å²) in [5, 5.41) is 8.90. The summed E-state index contributed by atoms with van der Waals surface area (Å²) in [7, 11) is 0. The molecule has 0 spiro atoms. The molecule has 1 aliphatic heterocycles. The summed E-state index contributed by atoms with van der Waals surface area (Å²) >= 11 is 0. The Bertz CT molecular complexity index is 339. The van der Waals surface area contributed by atoms with Gasteiger partial charge in [0.05, 0.1) is 12.0 Å². The summed E-state index contributed by atoms with van der Waals surface area (Å²) in [5.74, 6) is 0.238. The van der Waals surface area contributed by atoms with Gasteiger partial charge in [-0.15, -0.1) is 0 Å². The highest BCUT2D eigenvalue weighted by molar-refractivity contribution is 5.14. The molecule has 2 rings (SSSR count). The van der Waals surface area contributed by atoms with Gasteiger partial charge in [-0.1, -0.05) is 30.3 Å². The summed E-state index contributed by atoms with van der Waals surface area (Å²) in [6, 6.07) is 12.9. The lowest BCUT2D eigenvalue weighted by atomic mass is 9.99. The van der Waals surface area contributed by atoms with Crippen LogP contribution < -0.4 is 0 Å². The van der Waals surface area contributed by atoms with Crippen molar-refractivity contribution in [1.29, 1.82) is 5.26 Å². The van der Waals surface area contributed by atoms with Gasteiger partial charge in [0, 0.05) is 13.1 Å². The lowest BCUT2D eigenvalue weighted by Gasteiger charge is -2.29. The van der Waals surface area contributed by atoms with Gasteiger partial charge in [0.2, 0.25) is 0 Å². The maximum atomic E-state index is 8.90. The Kier molecular flexibility index (Phi) is 3.37. The van der Waals surface area contributed by atoms with Crippen molar-refractivity contribution in [2.75, 3.05) is 13.1 Å². The Balaban J connectivity index is 1.93. The van der Waals surface area contributed by atoms with E-state index in [2.05, 4.69) is 35.2 Å². The average Bonchev–Trinajstić information content (AvgIpc) is 2.31. The van der Waals surface area contributed by atoms with Crippen LogP contribution in [0.2, 0.25) is 0 Å². The minimum Gasteiger partial charge on any atom is -0.298 e. The molecule has 0 saturated carbocycles. The number of hydrogen-bond donors (Lipinski definition) is 0. The molecule has 1 atom stereocenters. The van der Waals surface area contributed by atoms with E-state index in [-0.39, 0.29) is 5.92 Å². The molecule has 1 aliphatic rings. The van der Waals surface area contributed by atoms with E-state index in [0.29, 0.717) is 0 Å². The van der Waals surface area contributed by atoms with Crippen LogP contribution in [-0.4, -0.2) is 18.0 Å². The van der Waals surface area contributed by atoms with Crippen molar-refractivity contribution in [2.45, 2.75) is 19.4 Å². The summed E-state index contributed by atoms with van der Waals surface area (Å²) in [6.07, 6.45) is 2.23. The number of nitrogens with zero attached hydrogens (tertiary/aromatic N) is 2. The minimum atomic E-state index is 0.238. The van der Waals surface area contributed by atoms with E-state index in [4.69, 9.17) is 5.26 Å². The molecular weight excluding hydrogens is 184 g/mol. The summed E-state index contributed by atoms with van der Waals surface area (Å²) < 4.78 is 0. The number of rotatable bonds is 2. The SMILES string of the molecule is N#CC1CCCN(Cc2ccccc2)C1. The third kappa shape index (κ3) is 2.81. The van der Waals surface area contributed by atoms with Crippen molar-refractivity contribution in [2.24, 2.45) is 5.92 Å². The Morgan fingerprint density at radius 2 is 2.13 bits per heavy atom. The van der Waals surface area contributed by atoms with Crippen molar-refractivity contribution in [3.05, 3.63) is 35.9 Å².